The maximum absolute atomic E-state index is 12.1. The molecule has 2 aromatic rings. The lowest BCUT2D eigenvalue weighted by Crippen LogP contribution is -2.14. The Labute approximate surface area is 169 Å². The first-order valence-electron chi connectivity index (χ1n) is 7.53. The summed E-state index contributed by atoms with van der Waals surface area (Å²) >= 11 is 13.1. The number of carbonyl (C=O) groups excluding carboxylic acids is 2. The summed E-state index contributed by atoms with van der Waals surface area (Å²) < 4.78 is 0. The molecule has 0 saturated heterocycles. The fraction of sp³-hybridized carbons (Fsp3) is 0.0556. The van der Waals surface area contributed by atoms with Crippen molar-refractivity contribution in [2.75, 3.05) is 16.4 Å². The van der Waals surface area contributed by atoms with Crippen LogP contribution in [0.25, 0.3) is 0 Å². The summed E-state index contributed by atoms with van der Waals surface area (Å²) in [5.41, 5.74) is 0.957. The van der Waals surface area contributed by atoms with E-state index in [-0.39, 0.29) is 11.7 Å². The van der Waals surface area contributed by atoms with Gasteiger partial charge in [-0.1, -0.05) is 29.3 Å². The second kappa shape index (κ2) is 10.0. The van der Waals surface area contributed by atoms with Gasteiger partial charge in [0.2, 0.25) is 11.8 Å². The van der Waals surface area contributed by atoms with Gasteiger partial charge in [-0.2, -0.15) is 0 Å². The number of aliphatic carboxylic acids is 1. The summed E-state index contributed by atoms with van der Waals surface area (Å²) in [7, 11) is 0. The molecule has 0 aliphatic carbocycles. The SMILES string of the molecule is O=C(O)/C=C/C(=O)Nc1cccc(SCC(=O)Nc2ccc(Cl)cc2Cl)c1. The Morgan fingerprint density at radius 1 is 1.04 bits per heavy atom. The van der Waals surface area contributed by atoms with E-state index in [1.54, 1.807) is 36.4 Å². The summed E-state index contributed by atoms with van der Waals surface area (Å²) in [6.07, 6.45) is 1.67. The van der Waals surface area contributed by atoms with Gasteiger partial charge in [0, 0.05) is 27.8 Å². The highest BCUT2D eigenvalue weighted by Gasteiger charge is 2.08. The van der Waals surface area contributed by atoms with Crippen molar-refractivity contribution in [1.29, 1.82) is 0 Å². The number of hydrogen-bond donors (Lipinski definition) is 3. The van der Waals surface area contributed by atoms with Gasteiger partial charge in [0.15, 0.2) is 0 Å². The predicted octanol–water partition coefficient (Wildman–Crippen LogP) is 4.30. The van der Waals surface area contributed by atoms with Crippen LogP contribution in [0, 0.1) is 0 Å². The molecule has 27 heavy (non-hydrogen) atoms. The van der Waals surface area contributed by atoms with Crippen LogP contribution in [0.5, 0.6) is 0 Å². The molecule has 0 spiro atoms. The van der Waals surface area contributed by atoms with Crippen molar-refractivity contribution < 1.29 is 19.5 Å². The Morgan fingerprint density at radius 2 is 1.81 bits per heavy atom. The third-order valence-corrected chi connectivity index (χ3v) is 4.60. The van der Waals surface area contributed by atoms with E-state index in [0.29, 0.717) is 21.4 Å². The monoisotopic (exact) mass is 424 g/mol. The van der Waals surface area contributed by atoms with E-state index in [1.165, 1.54) is 17.8 Å². The number of halogens is 2. The molecular formula is C18H14Cl2N2O4S. The smallest absolute Gasteiger partial charge is 0.328 e. The zero-order valence-corrected chi connectivity index (χ0v) is 16.1. The number of anilines is 2. The lowest BCUT2D eigenvalue weighted by Gasteiger charge is -2.08. The van der Waals surface area contributed by atoms with Crippen LogP contribution in [-0.4, -0.2) is 28.6 Å². The molecule has 0 saturated carbocycles. The predicted molar refractivity (Wildman–Crippen MR) is 108 cm³/mol. The highest BCUT2D eigenvalue weighted by atomic mass is 35.5. The van der Waals surface area contributed by atoms with Gasteiger partial charge in [-0.15, -0.1) is 11.8 Å². The molecule has 0 aromatic heterocycles. The number of nitrogens with one attached hydrogen (secondary N) is 2. The van der Waals surface area contributed by atoms with Gasteiger partial charge in [-0.05, 0) is 36.4 Å². The van der Waals surface area contributed by atoms with Gasteiger partial charge in [-0.25, -0.2) is 4.79 Å². The lowest BCUT2D eigenvalue weighted by atomic mass is 10.3. The lowest BCUT2D eigenvalue weighted by molar-refractivity contribution is -0.131. The van der Waals surface area contributed by atoms with Crippen LogP contribution in [0.3, 0.4) is 0 Å². The van der Waals surface area contributed by atoms with Crippen LogP contribution in [0.4, 0.5) is 11.4 Å². The van der Waals surface area contributed by atoms with E-state index in [2.05, 4.69) is 10.6 Å². The number of amides is 2. The van der Waals surface area contributed by atoms with Gasteiger partial charge < -0.3 is 15.7 Å². The molecule has 0 bridgehead atoms. The maximum Gasteiger partial charge on any atom is 0.328 e. The molecule has 2 aromatic carbocycles. The van der Waals surface area contributed by atoms with Crippen molar-refractivity contribution in [1.82, 2.24) is 0 Å². The first-order chi connectivity index (χ1) is 12.8. The van der Waals surface area contributed by atoms with Crippen LogP contribution >= 0.6 is 35.0 Å². The molecule has 140 valence electrons. The standard InChI is InChI=1S/C18H14Cl2N2O4S/c19-11-4-5-15(14(20)8-11)22-17(24)10-27-13-3-1-2-12(9-13)21-16(23)6-7-18(25)26/h1-9H,10H2,(H,21,23)(H,22,24)(H,25,26)/b7-6+. The molecule has 0 atom stereocenters. The largest absolute Gasteiger partial charge is 0.478 e. The van der Waals surface area contributed by atoms with Gasteiger partial charge in [0.1, 0.15) is 0 Å². The molecular weight excluding hydrogens is 411 g/mol. The van der Waals surface area contributed by atoms with E-state index >= 15 is 0 Å². The Hall–Kier alpha value is -2.48. The number of hydrogen-bond acceptors (Lipinski definition) is 4. The van der Waals surface area contributed by atoms with E-state index in [1.807, 2.05) is 0 Å². The summed E-state index contributed by atoms with van der Waals surface area (Å²) in [6.45, 7) is 0. The maximum atomic E-state index is 12.1. The van der Waals surface area contributed by atoms with Crippen LogP contribution < -0.4 is 10.6 Å². The van der Waals surface area contributed by atoms with Crippen molar-refractivity contribution in [2.24, 2.45) is 0 Å². The van der Waals surface area contributed by atoms with Crippen molar-refractivity contribution >= 4 is 64.1 Å². The molecule has 0 heterocycles. The van der Waals surface area contributed by atoms with Crippen LogP contribution in [0.1, 0.15) is 0 Å². The molecule has 9 heteroatoms. The van der Waals surface area contributed by atoms with Crippen LogP contribution in [-0.2, 0) is 14.4 Å². The third kappa shape index (κ3) is 7.34. The number of carbonyl (C=O) groups is 3. The summed E-state index contributed by atoms with van der Waals surface area (Å²) in [6, 6.07) is 11.6. The van der Waals surface area contributed by atoms with Crippen molar-refractivity contribution in [3.05, 3.63) is 64.7 Å². The summed E-state index contributed by atoms with van der Waals surface area (Å²) in [5, 5.41) is 14.6. The number of carboxylic acids is 1. The first kappa shape index (κ1) is 20.8. The minimum Gasteiger partial charge on any atom is -0.478 e. The van der Waals surface area contributed by atoms with Crippen molar-refractivity contribution in [3.8, 4) is 0 Å². The fourth-order valence-corrected chi connectivity index (χ4v) is 3.13. The molecule has 3 N–H and O–H groups in total. The molecule has 0 aliphatic heterocycles. The summed E-state index contributed by atoms with van der Waals surface area (Å²) in [5.74, 6) is -1.88. The van der Waals surface area contributed by atoms with Crippen LogP contribution in [0.15, 0.2) is 59.5 Å². The topological polar surface area (TPSA) is 95.5 Å². The average molecular weight is 425 g/mol. The first-order valence-corrected chi connectivity index (χ1v) is 9.27. The number of benzene rings is 2. The van der Waals surface area contributed by atoms with Crippen LogP contribution in [0.2, 0.25) is 10.0 Å². The Balaban J connectivity index is 1.91. The normalized spacial score (nSPS) is 10.6. The highest BCUT2D eigenvalue weighted by Crippen LogP contribution is 2.26. The third-order valence-electron chi connectivity index (χ3n) is 3.05. The Morgan fingerprint density at radius 3 is 2.52 bits per heavy atom. The molecule has 6 nitrogen and oxygen atoms in total. The fourth-order valence-electron chi connectivity index (χ4n) is 1.92. The van der Waals surface area contributed by atoms with Crippen molar-refractivity contribution in [3.63, 3.8) is 0 Å². The molecule has 0 fully saturated rings. The molecule has 0 unspecified atom stereocenters. The van der Waals surface area contributed by atoms with Gasteiger partial charge in [-0.3, -0.25) is 9.59 Å². The van der Waals surface area contributed by atoms with E-state index in [0.717, 1.165) is 17.0 Å². The van der Waals surface area contributed by atoms with E-state index < -0.39 is 11.9 Å². The zero-order chi connectivity index (χ0) is 19.8. The second-order valence-corrected chi connectivity index (χ2v) is 7.04. The van der Waals surface area contributed by atoms with Gasteiger partial charge in [0.25, 0.3) is 0 Å². The average Bonchev–Trinajstić information content (AvgIpc) is 2.61. The summed E-state index contributed by atoms with van der Waals surface area (Å²) in [4.78, 5) is 34.8. The molecule has 2 amide bonds. The zero-order valence-electron chi connectivity index (χ0n) is 13.7. The molecule has 0 radical (unpaired) electrons. The molecule has 2 rings (SSSR count). The van der Waals surface area contributed by atoms with E-state index in [9.17, 15) is 14.4 Å². The Kier molecular flexibility index (Phi) is 7.72. The van der Waals surface area contributed by atoms with E-state index in [4.69, 9.17) is 28.3 Å². The number of rotatable bonds is 7. The number of carboxylic acid groups (broad SMARTS) is 1. The van der Waals surface area contributed by atoms with Gasteiger partial charge in [0.05, 0.1) is 16.5 Å². The molecule has 0 aliphatic rings. The second-order valence-electron chi connectivity index (χ2n) is 5.15. The minimum atomic E-state index is -1.21. The van der Waals surface area contributed by atoms with Crippen molar-refractivity contribution in [2.45, 2.75) is 4.90 Å². The Bertz CT molecular complexity index is 903. The van der Waals surface area contributed by atoms with Gasteiger partial charge >= 0.3 is 5.97 Å². The minimum absolute atomic E-state index is 0.134. The quantitative estimate of drug-likeness (QED) is 0.454. The highest BCUT2D eigenvalue weighted by molar-refractivity contribution is 8.00. The number of thioether (sulfide) groups is 1.